The Hall–Kier alpha value is -1.46. The molecule has 0 aromatic carbocycles. The zero-order chi connectivity index (χ0) is 13.8. The third-order valence-corrected chi connectivity index (χ3v) is 4.00. The van der Waals surface area contributed by atoms with Crippen LogP contribution in [0.3, 0.4) is 0 Å². The summed E-state index contributed by atoms with van der Waals surface area (Å²) in [6.07, 6.45) is 1.29. The third-order valence-electron chi connectivity index (χ3n) is 2.87. The minimum absolute atomic E-state index is 0.0225. The molecule has 1 N–H and O–H groups in total. The fourth-order valence-corrected chi connectivity index (χ4v) is 2.96. The quantitative estimate of drug-likeness (QED) is 0.506. The average Bonchev–Trinajstić information content (AvgIpc) is 2.87. The van der Waals surface area contributed by atoms with Crippen LogP contribution in [0.4, 0.5) is 0 Å². The lowest BCUT2D eigenvalue weighted by atomic mass is 10.1. The van der Waals surface area contributed by atoms with Crippen molar-refractivity contribution in [1.29, 1.82) is 0 Å². The van der Waals surface area contributed by atoms with Crippen LogP contribution >= 0.6 is 11.3 Å². The Balaban J connectivity index is 2.27. The molecule has 0 saturated heterocycles. The first-order chi connectivity index (χ1) is 9.21. The zero-order valence-corrected chi connectivity index (χ0v) is 11.7. The van der Waals surface area contributed by atoms with Crippen molar-refractivity contribution < 1.29 is 9.57 Å². The van der Waals surface area contributed by atoms with Crippen LogP contribution in [0.5, 0.6) is 5.19 Å². The number of fused-ring (bicyclic) bond motifs is 1. The van der Waals surface area contributed by atoms with Gasteiger partial charge in [0.05, 0.1) is 24.6 Å². The molecule has 0 fully saturated rings. The minimum Gasteiger partial charge on any atom is -0.473 e. The molecule has 0 bridgehead atoms. The lowest BCUT2D eigenvalue weighted by Crippen LogP contribution is -2.39. The van der Waals surface area contributed by atoms with Gasteiger partial charge in [-0.3, -0.25) is 9.68 Å². The number of hydrogen-bond donors (Lipinski definition) is 1. The maximum Gasteiger partial charge on any atom is 0.321 e. The SMILES string of the molecule is [C-]#[N+]C1NCC(N(C)OCC=C)c2sc(OC)nc21. The van der Waals surface area contributed by atoms with Gasteiger partial charge in [0.25, 0.3) is 5.19 Å². The molecular formula is C12H16N4O2S. The molecule has 2 unspecified atom stereocenters. The van der Waals surface area contributed by atoms with Crippen molar-refractivity contribution in [2.24, 2.45) is 0 Å². The van der Waals surface area contributed by atoms with E-state index in [1.54, 1.807) is 18.2 Å². The topological polar surface area (TPSA) is 51.0 Å². The summed E-state index contributed by atoms with van der Waals surface area (Å²) in [7, 11) is 3.45. The Labute approximate surface area is 116 Å². The number of methoxy groups -OCH3 is 1. The van der Waals surface area contributed by atoms with Crippen LogP contribution in [0.1, 0.15) is 22.8 Å². The van der Waals surface area contributed by atoms with Crippen LogP contribution in [-0.4, -0.2) is 37.4 Å². The molecule has 0 spiro atoms. The van der Waals surface area contributed by atoms with Crippen molar-refractivity contribution in [3.8, 4) is 5.19 Å². The zero-order valence-electron chi connectivity index (χ0n) is 10.9. The number of ether oxygens (including phenoxy) is 1. The second-order valence-electron chi connectivity index (χ2n) is 4.02. The molecule has 0 aliphatic carbocycles. The van der Waals surface area contributed by atoms with E-state index in [2.05, 4.69) is 21.7 Å². The summed E-state index contributed by atoms with van der Waals surface area (Å²) < 4.78 is 5.17. The summed E-state index contributed by atoms with van der Waals surface area (Å²) >= 11 is 1.46. The summed E-state index contributed by atoms with van der Waals surface area (Å²) in [5.74, 6) is 0. The molecule has 102 valence electrons. The molecule has 2 atom stereocenters. The van der Waals surface area contributed by atoms with Gasteiger partial charge in [-0.15, -0.1) is 6.58 Å². The van der Waals surface area contributed by atoms with Gasteiger partial charge in [-0.25, -0.2) is 11.9 Å². The smallest absolute Gasteiger partial charge is 0.321 e. The molecular weight excluding hydrogens is 264 g/mol. The van der Waals surface area contributed by atoms with Crippen molar-refractivity contribution in [2.75, 3.05) is 27.3 Å². The standard InChI is InChI=1S/C12H16N4O2S/c1-5-6-18-16(3)8-7-14-11(13-2)9-10(8)19-12(15-9)17-4/h5,8,11,14H,1,6-7H2,3-4H3. The normalized spacial score (nSPS) is 21.8. The molecule has 2 heterocycles. The number of likely N-dealkylation sites (N-methyl/N-ethyl adjacent to an activating group) is 1. The second kappa shape index (κ2) is 6.12. The van der Waals surface area contributed by atoms with Crippen molar-refractivity contribution in [3.05, 3.63) is 34.6 Å². The van der Waals surface area contributed by atoms with Gasteiger partial charge in [-0.2, -0.15) is 10.0 Å². The fraction of sp³-hybridized carbons (Fsp3) is 0.500. The lowest BCUT2D eigenvalue weighted by molar-refractivity contribution is -0.159. The Morgan fingerprint density at radius 1 is 1.74 bits per heavy atom. The summed E-state index contributed by atoms with van der Waals surface area (Å²) in [6, 6.07) is 0.0225. The van der Waals surface area contributed by atoms with Gasteiger partial charge < -0.3 is 4.74 Å². The Morgan fingerprint density at radius 2 is 2.53 bits per heavy atom. The van der Waals surface area contributed by atoms with E-state index in [-0.39, 0.29) is 6.04 Å². The highest BCUT2D eigenvalue weighted by Crippen LogP contribution is 2.39. The highest BCUT2D eigenvalue weighted by Gasteiger charge is 2.37. The number of nitrogens with one attached hydrogen (secondary N) is 1. The van der Waals surface area contributed by atoms with Gasteiger partial charge in [-0.05, 0) is 0 Å². The molecule has 0 radical (unpaired) electrons. The van der Waals surface area contributed by atoms with Gasteiger partial charge in [-0.1, -0.05) is 17.4 Å². The van der Waals surface area contributed by atoms with Gasteiger partial charge in [0, 0.05) is 13.6 Å². The fourth-order valence-electron chi connectivity index (χ4n) is 1.92. The Morgan fingerprint density at radius 3 is 3.16 bits per heavy atom. The highest BCUT2D eigenvalue weighted by molar-refractivity contribution is 7.13. The molecule has 19 heavy (non-hydrogen) atoms. The molecule has 7 heteroatoms. The molecule has 1 aliphatic rings. The summed E-state index contributed by atoms with van der Waals surface area (Å²) in [4.78, 5) is 14.4. The van der Waals surface area contributed by atoms with Crippen molar-refractivity contribution in [1.82, 2.24) is 15.4 Å². The van der Waals surface area contributed by atoms with E-state index in [9.17, 15) is 0 Å². The van der Waals surface area contributed by atoms with E-state index in [0.717, 1.165) is 10.6 Å². The average molecular weight is 280 g/mol. The molecule has 0 saturated carbocycles. The van der Waals surface area contributed by atoms with Crippen molar-refractivity contribution >= 4 is 11.3 Å². The maximum absolute atomic E-state index is 7.21. The van der Waals surface area contributed by atoms with Gasteiger partial charge >= 0.3 is 6.17 Å². The number of hydrogen-bond acceptors (Lipinski definition) is 6. The summed E-state index contributed by atoms with van der Waals surface area (Å²) in [5.41, 5.74) is 0.738. The number of thiazole rings is 1. The van der Waals surface area contributed by atoms with Crippen LogP contribution < -0.4 is 10.1 Å². The first-order valence-corrected chi connectivity index (χ1v) is 6.64. The second-order valence-corrected chi connectivity index (χ2v) is 5.01. The first kappa shape index (κ1) is 14.0. The number of hydroxylamine groups is 2. The lowest BCUT2D eigenvalue weighted by Gasteiger charge is -2.29. The number of aromatic nitrogens is 1. The van der Waals surface area contributed by atoms with Crippen LogP contribution in [0.15, 0.2) is 12.7 Å². The van der Waals surface area contributed by atoms with E-state index in [0.29, 0.717) is 18.3 Å². The van der Waals surface area contributed by atoms with Crippen LogP contribution in [-0.2, 0) is 4.84 Å². The number of rotatable bonds is 5. The van der Waals surface area contributed by atoms with Crippen molar-refractivity contribution in [3.63, 3.8) is 0 Å². The molecule has 1 aliphatic heterocycles. The largest absolute Gasteiger partial charge is 0.473 e. The Kier molecular flexibility index (Phi) is 4.50. The van der Waals surface area contributed by atoms with E-state index in [1.165, 1.54) is 11.3 Å². The monoisotopic (exact) mass is 280 g/mol. The molecule has 6 nitrogen and oxygen atoms in total. The van der Waals surface area contributed by atoms with E-state index >= 15 is 0 Å². The van der Waals surface area contributed by atoms with Gasteiger partial charge in [0.1, 0.15) is 0 Å². The van der Waals surface area contributed by atoms with E-state index in [1.807, 2.05) is 7.05 Å². The maximum atomic E-state index is 7.21. The van der Waals surface area contributed by atoms with E-state index < -0.39 is 6.17 Å². The van der Waals surface area contributed by atoms with Crippen LogP contribution in [0, 0.1) is 6.57 Å². The van der Waals surface area contributed by atoms with Gasteiger partial charge in [0.2, 0.25) is 0 Å². The third kappa shape index (κ3) is 2.77. The van der Waals surface area contributed by atoms with Gasteiger partial charge in [0.15, 0.2) is 5.69 Å². The molecule has 2 rings (SSSR count). The predicted octanol–water partition coefficient (Wildman–Crippen LogP) is 1.76. The molecule has 1 aromatic heterocycles. The first-order valence-electron chi connectivity index (χ1n) is 5.82. The molecule has 0 amide bonds. The summed E-state index contributed by atoms with van der Waals surface area (Å²) in [5, 5.41) is 5.50. The summed E-state index contributed by atoms with van der Waals surface area (Å²) in [6.45, 7) is 11.9. The molecule has 1 aromatic rings. The van der Waals surface area contributed by atoms with Crippen molar-refractivity contribution in [2.45, 2.75) is 12.2 Å². The Bertz CT molecular complexity index is 496. The van der Waals surface area contributed by atoms with Crippen LogP contribution in [0.2, 0.25) is 0 Å². The highest BCUT2D eigenvalue weighted by atomic mass is 32.1. The number of nitrogens with zero attached hydrogens (tertiary/aromatic N) is 3. The van der Waals surface area contributed by atoms with Crippen LogP contribution in [0.25, 0.3) is 4.85 Å². The van der Waals surface area contributed by atoms with E-state index in [4.69, 9.17) is 16.1 Å². The predicted molar refractivity (Wildman–Crippen MR) is 72.7 cm³/mol. The minimum atomic E-state index is -0.404.